The van der Waals surface area contributed by atoms with Gasteiger partial charge in [0.05, 0.1) is 23.5 Å². The Kier molecular flexibility index (Phi) is 10.9. The van der Waals surface area contributed by atoms with E-state index in [1.54, 1.807) is 43.9 Å². The van der Waals surface area contributed by atoms with E-state index in [1.165, 1.54) is 12.8 Å². The van der Waals surface area contributed by atoms with Gasteiger partial charge in [-0.25, -0.2) is 4.52 Å². The predicted octanol–water partition coefficient (Wildman–Crippen LogP) is 5.59. The average Bonchev–Trinajstić information content (AvgIpc) is 3.32. The third kappa shape index (κ3) is 8.25. The van der Waals surface area contributed by atoms with Crippen molar-refractivity contribution in [1.29, 1.82) is 5.26 Å². The normalized spacial score (nSPS) is 18.0. The number of hydrogen-bond acceptors (Lipinski definition) is 7. The molecule has 3 N–H and O–H groups in total. The van der Waals surface area contributed by atoms with Crippen LogP contribution in [0.4, 0.5) is 0 Å². The fraction of sp³-hybridized carbons (Fsp3) is 0.484. The molecule has 1 aliphatic carbocycles. The molecule has 0 aromatic carbocycles. The molecule has 1 spiro atoms. The van der Waals surface area contributed by atoms with Gasteiger partial charge in [0.1, 0.15) is 29.0 Å². The summed E-state index contributed by atoms with van der Waals surface area (Å²) in [6.07, 6.45) is 11.1. The Labute approximate surface area is 257 Å². The standard InChI is InChI=1S/C27H30N7O.C4H10O.W/c1-18(33-22-12-27(13-22)6-9-30-10-7-27)23(15-29)20-11-25(26-21(14-28)16-32-34(26)17-20)35-19(2)24-5-3-4-8-31-24;1-4(2,3)5;/h3-5,8,11,15-17,19,22H,6-7,9-10,12-13,29H2,1-2H3;5H,1-3H3;/q-1;;/b23-15+,33-18?;;. The van der Waals surface area contributed by atoms with E-state index in [0.29, 0.717) is 28.3 Å². The molecule has 0 amide bonds. The van der Waals surface area contributed by atoms with Gasteiger partial charge in [-0.05, 0) is 71.1 Å². The number of nitrogens with zero attached hydrogens (tertiary/aromatic N) is 6. The first kappa shape index (κ1) is 32.5. The quantitative estimate of drug-likeness (QED) is 0.318. The number of allylic oxidation sites excluding steroid dienone is 1. The molecule has 4 heterocycles. The van der Waals surface area contributed by atoms with Gasteiger partial charge in [0.2, 0.25) is 0 Å². The molecular weight excluding hydrogens is 686 g/mol. The van der Waals surface area contributed by atoms with E-state index in [2.05, 4.69) is 21.5 Å². The second kappa shape index (κ2) is 13.7. The minimum Gasteiger partial charge on any atom is -0.662 e. The van der Waals surface area contributed by atoms with E-state index in [-0.39, 0.29) is 27.2 Å². The molecule has 41 heavy (non-hydrogen) atoms. The monoisotopic (exact) mass is 726 g/mol. The van der Waals surface area contributed by atoms with Crippen LogP contribution in [-0.2, 0) is 21.1 Å². The fourth-order valence-electron chi connectivity index (χ4n) is 5.35. The van der Waals surface area contributed by atoms with E-state index in [0.717, 1.165) is 48.5 Å². The number of aliphatic imine (C=N–C) groups is 1. The van der Waals surface area contributed by atoms with Crippen LogP contribution in [0.15, 0.2) is 54.0 Å². The molecular formula is C31H40N7O2W-. The van der Waals surface area contributed by atoms with Gasteiger partial charge >= 0.3 is 0 Å². The third-order valence-electron chi connectivity index (χ3n) is 7.29. The smallest absolute Gasteiger partial charge is 0.148 e. The first-order chi connectivity index (χ1) is 19.0. The first-order valence-corrected chi connectivity index (χ1v) is 13.8. The maximum absolute atomic E-state index is 9.62. The summed E-state index contributed by atoms with van der Waals surface area (Å²) in [7, 11) is 0. The Morgan fingerprint density at radius 2 is 2.00 bits per heavy atom. The molecule has 0 radical (unpaired) electrons. The van der Waals surface area contributed by atoms with E-state index in [9.17, 15) is 5.26 Å². The van der Waals surface area contributed by atoms with Gasteiger partial charge in [-0.1, -0.05) is 18.9 Å². The van der Waals surface area contributed by atoms with Gasteiger partial charge < -0.3 is 20.9 Å². The zero-order valence-corrected chi connectivity index (χ0v) is 27.5. The summed E-state index contributed by atoms with van der Waals surface area (Å²) < 4.78 is 8.00. The van der Waals surface area contributed by atoms with Crippen molar-refractivity contribution >= 4 is 16.8 Å². The molecule has 5 rings (SSSR count). The molecule has 1 atom stereocenters. The maximum Gasteiger partial charge on any atom is 0.148 e. The van der Waals surface area contributed by atoms with Crippen LogP contribution in [0.1, 0.15) is 83.2 Å². The van der Waals surface area contributed by atoms with Crippen LogP contribution < -0.4 is 10.5 Å². The van der Waals surface area contributed by atoms with E-state index in [1.807, 2.05) is 44.3 Å². The maximum atomic E-state index is 9.62. The van der Waals surface area contributed by atoms with Gasteiger partial charge in [0.25, 0.3) is 0 Å². The molecule has 3 aromatic rings. The van der Waals surface area contributed by atoms with E-state index < -0.39 is 5.60 Å². The molecule has 2 fully saturated rings. The van der Waals surface area contributed by atoms with Gasteiger partial charge in [-0.15, -0.1) is 13.1 Å². The van der Waals surface area contributed by atoms with Crippen LogP contribution in [0.2, 0.25) is 0 Å². The van der Waals surface area contributed by atoms with Crippen LogP contribution in [-0.4, -0.2) is 50.1 Å². The van der Waals surface area contributed by atoms with Crippen molar-refractivity contribution < 1.29 is 30.9 Å². The van der Waals surface area contributed by atoms with Crippen molar-refractivity contribution in [3.8, 4) is 11.8 Å². The van der Waals surface area contributed by atoms with Crippen LogP contribution in [0.5, 0.6) is 5.75 Å². The minimum absolute atomic E-state index is 0. The zero-order valence-electron chi connectivity index (χ0n) is 24.5. The largest absolute Gasteiger partial charge is 0.662 e. The SMILES string of the molecule is CC(=NC1CC2(CC[N-]CC2)C1)/C(=C\N)c1cc(OC(C)c2ccccn2)c2c(C#N)cnn2c1.CC(C)(C)O.[W]. The Morgan fingerprint density at radius 1 is 1.32 bits per heavy atom. The number of hydrogen-bond donors (Lipinski definition) is 2. The molecule has 0 bridgehead atoms. The molecule has 10 heteroatoms. The fourth-order valence-corrected chi connectivity index (χ4v) is 5.35. The Balaban J connectivity index is 0.000000711. The topological polar surface area (TPSA) is 136 Å². The van der Waals surface area contributed by atoms with Crippen molar-refractivity contribution in [3.63, 3.8) is 0 Å². The molecule has 2 aliphatic rings. The van der Waals surface area contributed by atoms with Crippen LogP contribution in [0.3, 0.4) is 0 Å². The summed E-state index contributed by atoms with van der Waals surface area (Å²) in [6, 6.07) is 10.2. The number of pyridine rings is 2. The van der Waals surface area contributed by atoms with Crippen molar-refractivity contribution in [2.24, 2.45) is 16.1 Å². The van der Waals surface area contributed by atoms with Crippen molar-refractivity contribution in [1.82, 2.24) is 14.6 Å². The molecule has 9 nitrogen and oxygen atoms in total. The van der Waals surface area contributed by atoms with Gasteiger partial charge in [0, 0.05) is 56.5 Å². The number of nitriles is 1. The van der Waals surface area contributed by atoms with Crippen molar-refractivity contribution in [2.75, 3.05) is 13.1 Å². The number of ether oxygens (including phenoxy) is 1. The molecule has 1 saturated carbocycles. The number of rotatable bonds is 6. The number of piperidine rings is 1. The number of nitrogens with two attached hydrogens (primary N) is 1. The number of fused-ring (bicyclic) bond motifs is 1. The van der Waals surface area contributed by atoms with Crippen LogP contribution in [0.25, 0.3) is 16.4 Å². The number of aliphatic hydroxyl groups is 1. The summed E-state index contributed by atoms with van der Waals surface area (Å²) in [5.74, 6) is 0.551. The Hall–Kier alpha value is -3.05. The first-order valence-electron chi connectivity index (χ1n) is 13.8. The van der Waals surface area contributed by atoms with E-state index in [4.69, 9.17) is 20.6 Å². The van der Waals surface area contributed by atoms with Gasteiger partial charge in [0.15, 0.2) is 0 Å². The van der Waals surface area contributed by atoms with Crippen molar-refractivity contribution in [2.45, 2.75) is 78.0 Å². The third-order valence-corrected chi connectivity index (χ3v) is 7.29. The summed E-state index contributed by atoms with van der Waals surface area (Å²) in [4.78, 5) is 9.43. The molecule has 1 unspecified atom stereocenters. The second-order valence-corrected chi connectivity index (χ2v) is 11.8. The summed E-state index contributed by atoms with van der Waals surface area (Å²) in [5.41, 5.74) is 10.5. The summed E-state index contributed by atoms with van der Waals surface area (Å²) >= 11 is 0. The molecule has 1 saturated heterocycles. The Morgan fingerprint density at radius 3 is 2.59 bits per heavy atom. The predicted molar refractivity (Wildman–Crippen MR) is 158 cm³/mol. The van der Waals surface area contributed by atoms with Gasteiger partial charge in [-0.2, -0.15) is 10.4 Å². The summed E-state index contributed by atoms with van der Waals surface area (Å²) in [5, 5.41) is 27.0. The number of aromatic nitrogens is 3. The Bertz CT molecular complexity index is 1400. The molecule has 218 valence electrons. The zero-order chi connectivity index (χ0) is 28.9. The second-order valence-electron chi connectivity index (χ2n) is 11.8. The van der Waals surface area contributed by atoms with Gasteiger partial charge in [-0.3, -0.25) is 9.98 Å². The van der Waals surface area contributed by atoms with Crippen molar-refractivity contribution in [3.05, 3.63) is 71.2 Å². The molecule has 3 aromatic heterocycles. The minimum atomic E-state index is -0.500. The molecule has 1 aliphatic heterocycles. The van der Waals surface area contributed by atoms with Crippen LogP contribution in [0, 0.1) is 16.7 Å². The average molecular weight is 727 g/mol. The summed E-state index contributed by atoms with van der Waals surface area (Å²) in [6.45, 7) is 11.1. The van der Waals surface area contributed by atoms with Crippen LogP contribution >= 0.6 is 0 Å². The van der Waals surface area contributed by atoms with E-state index >= 15 is 0 Å².